The molecule has 2 aliphatic rings. The van der Waals surface area contributed by atoms with Crippen LogP contribution in [0.1, 0.15) is 25.3 Å². The second-order valence-corrected chi connectivity index (χ2v) is 10.9. The number of carbonyl (C=O) groups excluding carboxylic acids is 3. The molecule has 2 aliphatic heterocycles. The molecule has 2 aromatic carbocycles. The minimum atomic E-state index is -1.01. The fraction of sp³-hybridized carbons (Fsp3) is 0.214. The molecule has 1 saturated heterocycles. The van der Waals surface area contributed by atoms with Gasteiger partial charge in [-0.2, -0.15) is 0 Å². The summed E-state index contributed by atoms with van der Waals surface area (Å²) in [5, 5.41) is 8.23. The summed E-state index contributed by atoms with van der Waals surface area (Å²) in [6.07, 6.45) is 2.82. The summed E-state index contributed by atoms with van der Waals surface area (Å²) < 4.78 is 6.25. The summed E-state index contributed by atoms with van der Waals surface area (Å²) in [5.74, 6) is 1.05. The normalized spacial score (nSPS) is 16.9. The Labute approximate surface area is 222 Å². The monoisotopic (exact) mass is 528 g/mol. The number of hydrogen-bond acceptors (Lipinski definition) is 5. The van der Waals surface area contributed by atoms with Gasteiger partial charge in [0.25, 0.3) is 4.83 Å². The second kappa shape index (κ2) is 9.46. The van der Waals surface area contributed by atoms with E-state index in [-0.39, 0.29) is 23.3 Å². The number of hydrogen-bond donors (Lipinski definition) is 2. The Balaban J connectivity index is 1.42. The fourth-order valence-electron chi connectivity index (χ4n) is 5.03. The zero-order valence-electron chi connectivity index (χ0n) is 20.9. The third kappa shape index (κ3) is 4.03. The predicted molar refractivity (Wildman–Crippen MR) is 147 cm³/mol. The molecule has 9 nitrogen and oxygen atoms in total. The number of para-hydroxylation sites is 3. The third-order valence-corrected chi connectivity index (χ3v) is 8.57. The number of aromatic nitrogens is 1. The van der Waals surface area contributed by atoms with Crippen LogP contribution in [0.15, 0.2) is 66.2 Å². The molecule has 0 aliphatic carbocycles. The number of benzene rings is 2. The molecule has 2 aromatic heterocycles. The first kappa shape index (κ1) is 23.9. The van der Waals surface area contributed by atoms with Crippen LogP contribution in [0.5, 0.6) is 11.5 Å². The zero-order valence-corrected chi connectivity index (χ0v) is 21.7. The summed E-state index contributed by atoms with van der Waals surface area (Å²) in [6.45, 7) is 3.98. The number of pyridine rings is 1. The highest BCUT2D eigenvalue weighted by molar-refractivity contribution is 7.54. The van der Waals surface area contributed by atoms with Crippen molar-refractivity contribution in [3.8, 4) is 11.5 Å². The predicted octanol–water partition coefficient (Wildman–Crippen LogP) is 6.29. The van der Waals surface area contributed by atoms with E-state index in [4.69, 9.17) is 4.74 Å². The van der Waals surface area contributed by atoms with Gasteiger partial charge in [-0.25, -0.2) is 14.6 Å². The van der Waals surface area contributed by atoms with Gasteiger partial charge in [-0.1, -0.05) is 30.3 Å². The number of anilines is 3. The van der Waals surface area contributed by atoms with Crippen molar-refractivity contribution in [2.24, 2.45) is 0 Å². The number of urea groups is 1. The van der Waals surface area contributed by atoms with Crippen molar-refractivity contribution < 1.29 is 19.1 Å². The number of nitrogens with one attached hydrogen (secondary N) is 2. The number of nitrogens with zero attached hydrogens (tertiary/aromatic N) is 3. The molecular weight excluding hydrogens is 502 g/mol. The van der Waals surface area contributed by atoms with Crippen LogP contribution in [0.2, 0.25) is 0 Å². The molecule has 0 spiro atoms. The lowest BCUT2D eigenvalue weighted by Crippen LogP contribution is -2.45. The smallest absolute Gasteiger partial charge is 0.455 e. The molecule has 1 unspecified atom stereocenters. The molecule has 38 heavy (non-hydrogen) atoms. The Morgan fingerprint density at radius 2 is 1.84 bits per heavy atom. The van der Waals surface area contributed by atoms with Gasteiger partial charge in [0.1, 0.15) is 33.5 Å². The lowest BCUT2D eigenvalue weighted by atomic mass is 10.1. The summed E-state index contributed by atoms with van der Waals surface area (Å²) in [5.41, 5.74) is 2.76. The first-order chi connectivity index (χ1) is 18.4. The van der Waals surface area contributed by atoms with Crippen molar-refractivity contribution in [1.82, 2.24) is 15.2 Å². The molecule has 6 rings (SSSR count). The first-order valence-electron chi connectivity index (χ1n) is 12.4. The Morgan fingerprint density at radius 1 is 1.08 bits per heavy atom. The molecule has 4 heterocycles. The van der Waals surface area contributed by atoms with Crippen LogP contribution in [-0.4, -0.2) is 39.8 Å². The van der Waals surface area contributed by atoms with E-state index in [1.165, 1.54) is 6.92 Å². The molecule has 0 radical (unpaired) electrons. The molecule has 4 aromatic rings. The highest BCUT2D eigenvalue weighted by Gasteiger charge is 2.41. The summed E-state index contributed by atoms with van der Waals surface area (Å²) in [4.78, 5) is 47.3. The van der Waals surface area contributed by atoms with Gasteiger partial charge in [0.2, 0.25) is 5.91 Å². The molecule has 4 amide bonds. The van der Waals surface area contributed by atoms with E-state index in [0.717, 1.165) is 17.4 Å². The van der Waals surface area contributed by atoms with Gasteiger partial charge in [-0.3, -0.25) is 14.6 Å². The quantitative estimate of drug-likeness (QED) is 0.296. The van der Waals surface area contributed by atoms with E-state index < -0.39 is 10.5 Å². The van der Waals surface area contributed by atoms with Crippen LogP contribution in [-0.2, 0) is 4.79 Å². The van der Waals surface area contributed by atoms with Gasteiger partial charge in [-0.15, -0.1) is 0 Å². The Kier molecular flexibility index (Phi) is 5.96. The number of rotatable bonds is 5. The molecule has 192 valence electrons. The third-order valence-electron chi connectivity index (χ3n) is 6.76. The van der Waals surface area contributed by atoms with Gasteiger partial charge in [0.05, 0.1) is 11.4 Å². The Bertz CT molecular complexity index is 1600. The average Bonchev–Trinajstić information content (AvgIpc) is 3.51. The molecule has 0 bridgehead atoms. The Hall–Kier alpha value is -4.44. The zero-order chi connectivity index (χ0) is 26.4. The van der Waals surface area contributed by atoms with Crippen LogP contribution in [0.25, 0.3) is 10.2 Å². The van der Waals surface area contributed by atoms with Crippen LogP contribution in [0.3, 0.4) is 0 Å². The maximum absolute atomic E-state index is 13.7. The number of likely N-dealkylation sites (tertiary alicyclic amines) is 1. The number of amides is 4. The van der Waals surface area contributed by atoms with Crippen molar-refractivity contribution in [1.29, 1.82) is 0 Å². The van der Waals surface area contributed by atoms with Crippen LogP contribution < -0.4 is 20.3 Å². The lowest BCUT2D eigenvalue weighted by Gasteiger charge is -2.28. The highest BCUT2D eigenvalue weighted by atomic mass is 32.2. The SMILES string of the molecule is CC(=O)N[C@@H]1CCCN1C(=O)[s+]1cc2c3c(ccnc31)N(c1ccccc1Oc1ccccc1C)C(=O)N2. The van der Waals surface area contributed by atoms with Crippen molar-refractivity contribution in [2.75, 3.05) is 16.8 Å². The van der Waals surface area contributed by atoms with E-state index in [9.17, 15) is 14.4 Å². The van der Waals surface area contributed by atoms with Crippen molar-refractivity contribution in [3.63, 3.8) is 0 Å². The Morgan fingerprint density at radius 3 is 2.63 bits per heavy atom. The topological polar surface area (TPSA) is 104 Å². The largest absolute Gasteiger partial charge is 0.462 e. The molecular formula is C28H26N5O4S+. The van der Waals surface area contributed by atoms with Gasteiger partial charge >= 0.3 is 11.3 Å². The van der Waals surface area contributed by atoms with E-state index >= 15 is 0 Å². The number of carbonyl (C=O) groups is 3. The van der Waals surface area contributed by atoms with Crippen LogP contribution >= 0.6 is 10.5 Å². The minimum absolute atomic E-state index is 0.117. The summed E-state index contributed by atoms with van der Waals surface area (Å²) in [6, 6.07) is 16.5. The van der Waals surface area contributed by atoms with E-state index in [1.54, 1.807) is 27.4 Å². The van der Waals surface area contributed by atoms with Gasteiger partial charge < -0.3 is 15.4 Å². The van der Waals surface area contributed by atoms with Crippen LogP contribution in [0, 0.1) is 6.92 Å². The van der Waals surface area contributed by atoms with Gasteiger partial charge in [-0.05, 0) is 49.6 Å². The second-order valence-electron chi connectivity index (χ2n) is 9.30. The molecule has 0 saturated carbocycles. The summed E-state index contributed by atoms with van der Waals surface area (Å²) >= 11 is 0. The van der Waals surface area contributed by atoms with E-state index in [1.807, 2.05) is 55.5 Å². The maximum Gasteiger partial charge on any atom is 0.462 e. The van der Waals surface area contributed by atoms with E-state index in [0.29, 0.717) is 46.4 Å². The van der Waals surface area contributed by atoms with Gasteiger partial charge in [0, 0.05) is 19.7 Å². The number of aryl methyl sites for hydroxylation is 1. The minimum Gasteiger partial charge on any atom is -0.455 e. The molecule has 2 N–H and O–H groups in total. The summed E-state index contributed by atoms with van der Waals surface area (Å²) in [7, 11) is -1.01. The maximum atomic E-state index is 13.7. The van der Waals surface area contributed by atoms with Gasteiger partial charge in [0.15, 0.2) is 11.1 Å². The first-order valence-corrected chi connectivity index (χ1v) is 13.7. The lowest BCUT2D eigenvalue weighted by molar-refractivity contribution is -0.120. The standard InChI is InChI=1S/C28H25N5O4S/c1-17-8-3-5-10-22(17)37-23-11-6-4-9-20(23)33-21-13-14-29-26-25(21)19(31-27(33)35)16-38(26)28(36)32-15-7-12-24(32)30-18(2)34/h3-6,8-11,13-14,16,24H,7,12,15H2,1-2H3,(H-,30,31,34,35)/p+1/t24-,38?/m0/s1. The number of ether oxygens (including phenoxy) is 1. The van der Waals surface area contributed by atoms with Crippen LogP contribution in [0.4, 0.5) is 26.7 Å². The van der Waals surface area contributed by atoms with E-state index in [2.05, 4.69) is 15.6 Å². The van der Waals surface area contributed by atoms with Crippen molar-refractivity contribution >= 4 is 54.9 Å². The average molecular weight is 529 g/mol. The molecule has 1 fully saturated rings. The molecule has 10 heteroatoms. The molecule has 2 atom stereocenters. The number of thiophene rings is 1. The van der Waals surface area contributed by atoms with Crippen molar-refractivity contribution in [3.05, 3.63) is 71.7 Å². The van der Waals surface area contributed by atoms with Crippen molar-refractivity contribution in [2.45, 2.75) is 32.9 Å². The highest BCUT2D eigenvalue weighted by Crippen LogP contribution is 2.49. The fourth-order valence-corrected chi connectivity index (χ4v) is 6.90.